The van der Waals surface area contributed by atoms with Gasteiger partial charge in [-0.15, -0.1) is 0 Å². The maximum absolute atomic E-state index is 11.5. The van der Waals surface area contributed by atoms with Gasteiger partial charge in [0.25, 0.3) is 6.67 Å². The van der Waals surface area contributed by atoms with Crippen LogP contribution in [-0.2, 0) is 0 Å². The summed E-state index contributed by atoms with van der Waals surface area (Å²) in [5.41, 5.74) is 0. The Morgan fingerprint density at radius 3 is 1.45 bits per heavy atom. The summed E-state index contributed by atoms with van der Waals surface area (Å²) in [5, 5.41) is 0. The Bertz CT molecular complexity index is 128. The highest BCUT2D eigenvalue weighted by molar-refractivity contribution is 4.92. The van der Waals surface area contributed by atoms with Crippen molar-refractivity contribution in [2.75, 3.05) is 0 Å². The van der Waals surface area contributed by atoms with E-state index in [-0.39, 0.29) is 0 Å². The van der Waals surface area contributed by atoms with Crippen LogP contribution in [0.5, 0.6) is 0 Å². The fourth-order valence-electron chi connectivity index (χ4n) is 0.200. The van der Waals surface area contributed by atoms with E-state index in [0.29, 0.717) is 0 Å². The lowest BCUT2D eigenvalue weighted by Crippen LogP contribution is -2.45. The van der Waals surface area contributed by atoms with Gasteiger partial charge in [0.1, 0.15) is 0 Å². The van der Waals surface area contributed by atoms with Gasteiger partial charge in [-0.3, -0.25) is 0 Å². The summed E-state index contributed by atoms with van der Waals surface area (Å²) in [7, 11) is 0. The van der Waals surface area contributed by atoms with Crippen LogP contribution in [0.2, 0.25) is 0 Å². The Morgan fingerprint density at radius 1 is 1.00 bits per heavy atom. The molecule has 0 saturated heterocycles. The number of rotatable bonds is 3. The molecule has 0 nitrogen and oxygen atoms in total. The molecular weight excluding hydrogens is 181 g/mol. The fourth-order valence-corrected chi connectivity index (χ4v) is 0.200. The Morgan fingerprint density at radius 2 is 1.36 bits per heavy atom. The van der Waals surface area contributed by atoms with Crippen molar-refractivity contribution in [1.29, 1.82) is 0 Å². The average molecular weight is 182 g/mol. The van der Waals surface area contributed by atoms with Crippen LogP contribution in [0.15, 0.2) is 0 Å². The third kappa shape index (κ3) is 1.75. The Hall–Kier alpha value is -0.490. The van der Waals surface area contributed by atoms with Crippen LogP contribution >= 0.6 is 0 Å². The molecule has 0 amide bonds. The average Bonchev–Trinajstić information content (AvgIpc) is 1.87. The predicted molar refractivity (Wildman–Crippen MR) is 20.2 cm³/mol. The van der Waals surface area contributed by atoms with E-state index in [0.717, 1.165) is 0 Å². The van der Waals surface area contributed by atoms with E-state index in [4.69, 9.17) is 0 Å². The highest BCUT2D eigenvalue weighted by atomic mass is 19.3. The predicted octanol–water partition coefficient (Wildman–Crippen LogP) is 2.53. The van der Waals surface area contributed by atoms with Crippen molar-refractivity contribution in [1.82, 2.24) is 0 Å². The van der Waals surface area contributed by atoms with Crippen molar-refractivity contribution < 1.29 is 30.7 Å². The normalized spacial score (nSPS) is 14.2. The van der Waals surface area contributed by atoms with E-state index in [1.165, 1.54) is 0 Å². The molecule has 11 heavy (non-hydrogen) atoms. The van der Waals surface area contributed by atoms with E-state index in [9.17, 15) is 30.7 Å². The maximum Gasteiger partial charge on any atom is 0.372 e. The third-order valence-electron chi connectivity index (χ3n) is 0.811. The summed E-state index contributed by atoms with van der Waals surface area (Å²) in [6.45, 7) is -0.700. The topological polar surface area (TPSA) is 0 Å². The van der Waals surface area contributed by atoms with Gasteiger partial charge in [0.15, 0.2) is 0 Å². The van der Waals surface area contributed by atoms with Crippen LogP contribution in [0.3, 0.4) is 0 Å². The van der Waals surface area contributed by atoms with Gasteiger partial charge < -0.3 is 0 Å². The second-order valence-corrected chi connectivity index (χ2v) is 1.59. The van der Waals surface area contributed by atoms with Gasteiger partial charge in [-0.2, -0.15) is 17.6 Å². The Labute approximate surface area is 57.0 Å². The molecule has 7 heteroatoms. The SMILES string of the molecule is F[C]C(F)(F)C(F)(F)C(F)F. The van der Waals surface area contributed by atoms with Crippen molar-refractivity contribution in [2.45, 2.75) is 18.3 Å². The van der Waals surface area contributed by atoms with Crippen LogP contribution in [-0.4, -0.2) is 18.3 Å². The lowest BCUT2D eigenvalue weighted by Gasteiger charge is -2.21. The monoisotopic (exact) mass is 182 g/mol. The minimum atomic E-state index is -5.71. The zero-order valence-corrected chi connectivity index (χ0v) is 4.72. The van der Waals surface area contributed by atoms with Crippen LogP contribution in [0.4, 0.5) is 30.7 Å². The molecule has 0 aromatic rings. The summed E-state index contributed by atoms with van der Waals surface area (Å²) < 4.78 is 78.9. The number of alkyl halides is 6. The van der Waals surface area contributed by atoms with Gasteiger partial charge in [-0.05, 0) is 0 Å². The zero-order chi connectivity index (χ0) is 9.28. The standard InChI is InChI=1S/C4HF7/c5-1-3(8,9)4(10,11)2(6)7/h2H. The van der Waals surface area contributed by atoms with E-state index in [1.54, 1.807) is 0 Å². The number of halogens is 7. The molecular formula is C4HF7. The minimum Gasteiger partial charge on any atom is -0.229 e. The first-order valence-electron chi connectivity index (χ1n) is 2.17. The maximum atomic E-state index is 11.5. The lowest BCUT2D eigenvalue weighted by molar-refractivity contribution is -0.255. The molecule has 0 aliphatic heterocycles. The molecule has 0 aromatic carbocycles. The Kier molecular flexibility index (Phi) is 2.74. The molecule has 66 valence electrons. The molecule has 0 heterocycles. The molecule has 0 saturated carbocycles. The van der Waals surface area contributed by atoms with Crippen molar-refractivity contribution >= 4 is 0 Å². The van der Waals surface area contributed by atoms with Gasteiger partial charge >= 0.3 is 18.3 Å². The first-order chi connectivity index (χ1) is 4.75. The summed E-state index contributed by atoms with van der Waals surface area (Å²) >= 11 is 0. The van der Waals surface area contributed by atoms with Crippen LogP contribution in [0.25, 0.3) is 0 Å². The smallest absolute Gasteiger partial charge is 0.229 e. The zero-order valence-electron chi connectivity index (χ0n) is 4.72. The number of hydrogen-bond donors (Lipinski definition) is 0. The summed E-state index contributed by atoms with van der Waals surface area (Å²) in [5.74, 6) is -11.2. The van der Waals surface area contributed by atoms with Crippen LogP contribution < -0.4 is 0 Å². The van der Waals surface area contributed by atoms with E-state index in [1.807, 2.05) is 0 Å². The van der Waals surface area contributed by atoms with Gasteiger partial charge in [-0.25, -0.2) is 13.2 Å². The molecule has 0 bridgehead atoms. The van der Waals surface area contributed by atoms with Gasteiger partial charge in [0.2, 0.25) is 0 Å². The molecule has 0 N–H and O–H groups in total. The second-order valence-electron chi connectivity index (χ2n) is 1.59. The van der Waals surface area contributed by atoms with Crippen LogP contribution in [0.1, 0.15) is 0 Å². The van der Waals surface area contributed by atoms with E-state index in [2.05, 4.69) is 0 Å². The second kappa shape index (κ2) is 2.86. The molecule has 2 radical (unpaired) electrons. The van der Waals surface area contributed by atoms with Gasteiger partial charge in [-0.1, -0.05) is 0 Å². The van der Waals surface area contributed by atoms with Crippen LogP contribution in [0, 0.1) is 6.67 Å². The number of hydrogen-bond acceptors (Lipinski definition) is 0. The largest absolute Gasteiger partial charge is 0.372 e. The third-order valence-corrected chi connectivity index (χ3v) is 0.811. The lowest BCUT2D eigenvalue weighted by atomic mass is 10.2. The van der Waals surface area contributed by atoms with E-state index < -0.39 is 24.9 Å². The van der Waals surface area contributed by atoms with E-state index >= 15 is 0 Å². The van der Waals surface area contributed by atoms with Crippen molar-refractivity contribution in [3.63, 3.8) is 0 Å². The fraction of sp³-hybridized carbons (Fsp3) is 0.750. The van der Waals surface area contributed by atoms with Crippen molar-refractivity contribution in [3.05, 3.63) is 6.67 Å². The Balaban J connectivity index is 4.53. The summed E-state index contributed by atoms with van der Waals surface area (Å²) in [4.78, 5) is 0. The summed E-state index contributed by atoms with van der Waals surface area (Å²) in [6.07, 6.45) is -4.62. The molecule has 0 unspecified atom stereocenters. The summed E-state index contributed by atoms with van der Waals surface area (Å²) in [6, 6.07) is 0. The minimum absolute atomic E-state index is 0.700. The van der Waals surface area contributed by atoms with Crippen molar-refractivity contribution in [2.24, 2.45) is 0 Å². The molecule has 0 atom stereocenters. The molecule has 0 aromatic heterocycles. The quantitative estimate of drug-likeness (QED) is 0.588. The molecule has 0 aliphatic rings. The highest BCUT2D eigenvalue weighted by Gasteiger charge is 2.64. The molecule has 0 fully saturated rings. The first-order valence-corrected chi connectivity index (χ1v) is 2.17. The van der Waals surface area contributed by atoms with Crippen molar-refractivity contribution in [3.8, 4) is 0 Å². The molecule has 0 rings (SSSR count). The van der Waals surface area contributed by atoms with Gasteiger partial charge in [0.05, 0.1) is 0 Å². The van der Waals surface area contributed by atoms with Gasteiger partial charge in [0, 0.05) is 0 Å². The first kappa shape index (κ1) is 10.5. The molecule has 0 aliphatic carbocycles. The molecule has 0 spiro atoms. The highest BCUT2D eigenvalue weighted by Crippen LogP contribution is 2.40.